The molecule has 0 aliphatic rings. The minimum Gasteiger partial charge on any atom is -0.306 e. The van der Waals surface area contributed by atoms with E-state index in [9.17, 15) is 4.79 Å². The Morgan fingerprint density at radius 1 is 1.15 bits per heavy atom. The van der Waals surface area contributed by atoms with Crippen LogP contribution >= 0.6 is 34.8 Å². The number of aryl methyl sites for hydroxylation is 1. The highest BCUT2D eigenvalue weighted by atomic mass is 35.6. The van der Waals surface area contributed by atoms with E-state index in [4.69, 9.17) is 34.8 Å². The topological polar surface area (TPSA) is 54.9 Å². The number of benzene rings is 1. The van der Waals surface area contributed by atoms with Gasteiger partial charge in [-0.15, -0.1) is 0 Å². The maximum atomic E-state index is 12.0. The maximum absolute atomic E-state index is 12.0. The number of halogens is 3. The van der Waals surface area contributed by atoms with Crippen LogP contribution in [0.2, 0.25) is 0 Å². The number of carbonyl (C=O) groups is 1. The molecule has 0 aliphatic carbocycles. The molecule has 4 nitrogen and oxygen atoms in total. The Balaban J connectivity index is 2.26. The summed E-state index contributed by atoms with van der Waals surface area (Å²) in [5, 5.41) is 2.65. The van der Waals surface area contributed by atoms with Crippen molar-refractivity contribution in [3.8, 4) is 0 Å². The number of alkyl halides is 3. The Bertz CT molecular complexity index is 627. The van der Waals surface area contributed by atoms with Crippen LogP contribution in [0.4, 0.5) is 5.82 Å². The van der Waals surface area contributed by atoms with Gasteiger partial charge in [-0.2, -0.15) is 0 Å². The number of anilines is 1. The van der Waals surface area contributed by atoms with Crippen LogP contribution in [0, 0.1) is 6.92 Å². The van der Waals surface area contributed by atoms with Gasteiger partial charge in [0.15, 0.2) is 5.82 Å². The predicted octanol–water partition coefficient (Wildman–Crippen LogP) is 3.86. The van der Waals surface area contributed by atoms with Gasteiger partial charge in [-0.25, -0.2) is 9.97 Å². The monoisotopic (exact) mass is 329 g/mol. The fourth-order valence-corrected chi connectivity index (χ4v) is 1.79. The fourth-order valence-electron chi connectivity index (χ4n) is 1.54. The van der Waals surface area contributed by atoms with Gasteiger partial charge in [0, 0.05) is 17.3 Å². The Hall–Kier alpha value is -1.36. The normalized spacial score (nSPS) is 11.2. The van der Waals surface area contributed by atoms with E-state index in [0.717, 1.165) is 0 Å². The molecule has 1 aromatic carbocycles. The molecule has 0 unspecified atom stereocenters. The number of hydrogen-bond donors (Lipinski definition) is 1. The number of nitrogens with one attached hydrogen (secondary N) is 1. The van der Waals surface area contributed by atoms with Crippen molar-refractivity contribution in [2.45, 2.75) is 10.7 Å². The Morgan fingerprint density at radius 3 is 2.40 bits per heavy atom. The summed E-state index contributed by atoms with van der Waals surface area (Å²) in [7, 11) is 0. The van der Waals surface area contributed by atoms with Crippen LogP contribution < -0.4 is 5.32 Å². The van der Waals surface area contributed by atoms with Crippen LogP contribution in [0.1, 0.15) is 21.9 Å². The van der Waals surface area contributed by atoms with E-state index >= 15 is 0 Å². The summed E-state index contributed by atoms with van der Waals surface area (Å²) in [6.07, 6.45) is 0. The second-order valence-electron chi connectivity index (χ2n) is 4.04. The van der Waals surface area contributed by atoms with E-state index in [1.54, 1.807) is 37.3 Å². The summed E-state index contributed by atoms with van der Waals surface area (Å²) >= 11 is 17.2. The summed E-state index contributed by atoms with van der Waals surface area (Å²) in [6.45, 7) is 1.72. The van der Waals surface area contributed by atoms with Gasteiger partial charge in [-0.05, 0) is 19.1 Å². The van der Waals surface area contributed by atoms with Crippen molar-refractivity contribution in [2.75, 3.05) is 5.32 Å². The van der Waals surface area contributed by atoms with Crippen molar-refractivity contribution >= 4 is 46.5 Å². The van der Waals surface area contributed by atoms with E-state index in [1.807, 2.05) is 6.07 Å². The van der Waals surface area contributed by atoms with Crippen molar-refractivity contribution in [3.63, 3.8) is 0 Å². The van der Waals surface area contributed by atoms with Crippen molar-refractivity contribution in [2.24, 2.45) is 0 Å². The van der Waals surface area contributed by atoms with Crippen LogP contribution in [0.3, 0.4) is 0 Å². The third-order valence-corrected chi connectivity index (χ3v) is 2.89. The number of nitrogens with zero attached hydrogens (tertiary/aromatic N) is 2. The first-order chi connectivity index (χ1) is 9.36. The van der Waals surface area contributed by atoms with E-state index < -0.39 is 3.79 Å². The minimum absolute atomic E-state index is 0.0193. The smallest absolute Gasteiger partial charge is 0.256 e. The molecule has 0 radical (unpaired) electrons. The number of rotatable bonds is 2. The molecule has 104 valence electrons. The van der Waals surface area contributed by atoms with Gasteiger partial charge >= 0.3 is 0 Å². The van der Waals surface area contributed by atoms with Crippen LogP contribution in [0.25, 0.3) is 0 Å². The summed E-state index contributed by atoms with van der Waals surface area (Å²) in [5.41, 5.74) is 1.10. The van der Waals surface area contributed by atoms with Gasteiger partial charge in [-0.1, -0.05) is 53.0 Å². The lowest BCUT2D eigenvalue weighted by Crippen LogP contribution is -2.16. The van der Waals surface area contributed by atoms with Crippen molar-refractivity contribution in [3.05, 3.63) is 53.5 Å². The number of hydrogen-bond acceptors (Lipinski definition) is 3. The molecular formula is C13H10Cl3N3O. The van der Waals surface area contributed by atoms with E-state index in [1.165, 1.54) is 0 Å². The van der Waals surface area contributed by atoms with Crippen LogP contribution in [0.15, 0.2) is 36.4 Å². The molecule has 1 heterocycles. The van der Waals surface area contributed by atoms with Crippen LogP contribution in [-0.4, -0.2) is 15.9 Å². The number of aromatic nitrogens is 2. The van der Waals surface area contributed by atoms with Gasteiger partial charge in [0.2, 0.25) is 3.79 Å². The van der Waals surface area contributed by atoms with E-state index in [2.05, 4.69) is 15.3 Å². The number of carbonyl (C=O) groups excluding carboxylic acids is 1. The zero-order chi connectivity index (χ0) is 14.8. The highest BCUT2D eigenvalue weighted by Crippen LogP contribution is 2.36. The lowest BCUT2D eigenvalue weighted by atomic mass is 10.2. The molecule has 1 N–H and O–H groups in total. The van der Waals surface area contributed by atoms with Crippen molar-refractivity contribution < 1.29 is 4.79 Å². The average molecular weight is 331 g/mol. The van der Waals surface area contributed by atoms with Gasteiger partial charge in [-0.3, -0.25) is 4.79 Å². The van der Waals surface area contributed by atoms with Gasteiger partial charge < -0.3 is 5.32 Å². The third-order valence-electron chi connectivity index (χ3n) is 2.39. The summed E-state index contributed by atoms with van der Waals surface area (Å²) in [5.74, 6) is 0.0116. The SMILES string of the molecule is Cc1cc(NC(=O)c2ccccc2)nc(C(Cl)(Cl)Cl)n1. The summed E-state index contributed by atoms with van der Waals surface area (Å²) in [4.78, 5) is 20.1. The molecule has 0 saturated carbocycles. The number of amides is 1. The van der Waals surface area contributed by atoms with E-state index in [-0.39, 0.29) is 17.5 Å². The molecule has 2 aromatic rings. The molecule has 20 heavy (non-hydrogen) atoms. The first-order valence-electron chi connectivity index (χ1n) is 5.65. The minimum atomic E-state index is -1.74. The molecule has 0 bridgehead atoms. The lowest BCUT2D eigenvalue weighted by Gasteiger charge is -2.12. The third kappa shape index (κ3) is 3.82. The van der Waals surface area contributed by atoms with E-state index in [0.29, 0.717) is 11.3 Å². The van der Waals surface area contributed by atoms with Gasteiger partial charge in [0.05, 0.1) is 0 Å². The average Bonchev–Trinajstić information content (AvgIpc) is 2.38. The summed E-state index contributed by atoms with van der Waals surface area (Å²) in [6, 6.07) is 10.4. The molecule has 0 saturated heterocycles. The molecule has 0 fully saturated rings. The largest absolute Gasteiger partial charge is 0.306 e. The Labute approximate surface area is 131 Å². The first kappa shape index (κ1) is 15.0. The molecule has 2 rings (SSSR count). The van der Waals surface area contributed by atoms with Crippen LogP contribution in [-0.2, 0) is 3.79 Å². The Kier molecular flexibility index (Phi) is 4.48. The molecule has 1 amide bonds. The quantitative estimate of drug-likeness (QED) is 0.851. The van der Waals surface area contributed by atoms with Gasteiger partial charge in [0.1, 0.15) is 5.82 Å². The molecule has 0 atom stereocenters. The van der Waals surface area contributed by atoms with Crippen LogP contribution in [0.5, 0.6) is 0 Å². The maximum Gasteiger partial charge on any atom is 0.256 e. The van der Waals surface area contributed by atoms with Crippen molar-refractivity contribution in [1.82, 2.24) is 9.97 Å². The molecule has 0 aliphatic heterocycles. The summed E-state index contributed by atoms with van der Waals surface area (Å²) < 4.78 is -1.74. The zero-order valence-electron chi connectivity index (χ0n) is 10.4. The molecule has 0 spiro atoms. The van der Waals surface area contributed by atoms with Crippen molar-refractivity contribution in [1.29, 1.82) is 0 Å². The lowest BCUT2D eigenvalue weighted by molar-refractivity contribution is 0.102. The molecular weight excluding hydrogens is 321 g/mol. The highest BCUT2D eigenvalue weighted by molar-refractivity contribution is 6.66. The second kappa shape index (κ2) is 5.95. The molecule has 1 aromatic heterocycles. The Morgan fingerprint density at radius 2 is 1.80 bits per heavy atom. The zero-order valence-corrected chi connectivity index (χ0v) is 12.7. The predicted molar refractivity (Wildman–Crippen MR) is 80.4 cm³/mol. The first-order valence-corrected chi connectivity index (χ1v) is 6.79. The second-order valence-corrected chi connectivity index (χ2v) is 6.32. The van der Waals surface area contributed by atoms with Gasteiger partial charge in [0.25, 0.3) is 5.91 Å². The highest BCUT2D eigenvalue weighted by Gasteiger charge is 2.27. The fraction of sp³-hybridized carbons (Fsp3) is 0.154. The standard InChI is InChI=1S/C13H10Cl3N3O/c1-8-7-10(19-12(17-8)13(14,15)16)18-11(20)9-5-3-2-4-6-9/h2-7H,1H3,(H,17,18,19,20). The molecule has 7 heteroatoms.